The first-order chi connectivity index (χ1) is 60.7. The molecule has 0 aliphatic heterocycles. The molecular formula is C80H95Cl8N13O28. The van der Waals surface area contributed by atoms with Crippen LogP contribution in [-0.4, -0.2) is 370 Å². The van der Waals surface area contributed by atoms with Crippen LogP contribution >= 0.6 is 92.8 Å². The Morgan fingerprint density at radius 3 is 0.566 bits per heavy atom. The molecule has 0 atom stereocenters. The lowest BCUT2D eigenvalue weighted by atomic mass is 10.1. The maximum atomic E-state index is 15.3. The Kier molecular flexibility index (Phi) is 47.8. The number of carbonyl (C=O) groups excluding carboxylic acids is 12. The van der Waals surface area contributed by atoms with Crippen LogP contribution in [0.2, 0.25) is 40.2 Å². The van der Waals surface area contributed by atoms with Gasteiger partial charge in [0.2, 0.25) is 70.9 Å². The number of aliphatic carboxylic acids is 8. The van der Waals surface area contributed by atoms with E-state index in [-0.39, 0.29) is 70.6 Å². The zero-order valence-corrected chi connectivity index (χ0v) is 75.2. The number of nitrogens with two attached hydrogens (primary N) is 1. The second kappa shape index (κ2) is 56.1. The van der Waals surface area contributed by atoms with Crippen molar-refractivity contribution in [3.63, 3.8) is 0 Å². The highest BCUT2D eigenvalue weighted by atomic mass is 35.5. The van der Waals surface area contributed by atoms with Crippen LogP contribution in [0.4, 0.5) is 0 Å². The summed E-state index contributed by atoms with van der Waals surface area (Å²) in [6.45, 7) is -20.1. The minimum Gasteiger partial charge on any atom is -0.481 e. The minimum absolute atomic E-state index is 0.0523. The van der Waals surface area contributed by atoms with Gasteiger partial charge in [-0.25, -0.2) is 0 Å². The van der Waals surface area contributed by atoms with E-state index in [1.165, 1.54) is 41.3 Å². The number of carboxylic acids is 8. The number of rotatable bonds is 60. The van der Waals surface area contributed by atoms with Crippen LogP contribution < -0.4 is 11.1 Å². The van der Waals surface area contributed by atoms with E-state index in [9.17, 15) is 122 Å². The molecule has 4 aromatic rings. The van der Waals surface area contributed by atoms with Crippen molar-refractivity contribution in [2.45, 2.75) is 77.0 Å². The van der Waals surface area contributed by atoms with Crippen molar-refractivity contribution >= 4 is 211 Å². The average molecular weight is 1970 g/mol. The van der Waals surface area contributed by atoms with Crippen LogP contribution in [0.25, 0.3) is 0 Å². The highest BCUT2D eigenvalue weighted by Crippen LogP contribution is 2.26. The summed E-state index contributed by atoms with van der Waals surface area (Å²) in [5.74, 6) is -26.6. The van der Waals surface area contributed by atoms with Crippen LogP contribution in [0, 0.1) is 0 Å². The Balaban J connectivity index is 1.75. The van der Waals surface area contributed by atoms with E-state index in [1.54, 1.807) is 36.4 Å². The van der Waals surface area contributed by atoms with Crippen molar-refractivity contribution in [2.75, 3.05) is 157 Å². The van der Waals surface area contributed by atoms with Crippen molar-refractivity contribution in [2.24, 2.45) is 5.73 Å². The lowest BCUT2D eigenvalue weighted by Gasteiger charge is -2.33. The standard InChI is InChI=1S/C80H95Cl8N13O28/c81-53-5-1-49(57(85)33-53)9-21-90-37-62(103)92(22-10-50-2-6-54(82)34-58(50)86)39-64(105)93(23-11-51-3-7-55(83)35-59(51)87)41-65(106)94(24-12-52-4-8-56(84)36-60(52)88)42-66(107)96(27-15-75(118)119)44-68(109)98(29-17-77(122)123)46-70(111)100(31-19-79(126)127)48-72(113)101(32-20-80(128)129)47-71(112)99(30-18-78(124)125)45-69(110)97(28-16-76(120)121)43-67(108)95(26-14-74(116)117)40-63(104)91(38-61(89)102)25-13-73(114)115/h1-8,33-36,90H,9-32,37-48H2,(H2,89,102)(H,114,115)(H,116,117)(H,118,119)(H,120,121)(H,122,123)(H,124,125)(H,126,127)(H,128,129). The second-order valence-corrected chi connectivity index (χ2v) is 32.1. The van der Waals surface area contributed by atoms with Gasteiger partial charge in [-0.05, 0) is 103 Å². The maximum absolute atomic E-state index is 15.3. The van der Waals surface area contributed by atoms with E-state index in [0.29, 0.717) is 82.9 Å². The molecule has 0 bridgehead atoms. The summed E-state index contributed by atoms with van der Waals surface area (Å²) >= 11 is 51.0. The summed E-state index contributed by atoms with van der Waals surface area (Å²) in [5.41, 5.74) is 7.27. The maximum Gasteiger partial charge on any atom is 0.305 e. The van der Waals surface area contributed by atoms with Crippen LogP contribution in [0.3, 0.4) is 0 Å². The zero-order chi connectivity index (χ0) is 96.5. The number of carboxylic acid groups (broad SMARTS) is 8. The van der Waals surface area contributed by atoms with Gasteiger partial charge in [0.05, 0.1) is 130 Å². The fraction of sp³-hybridized carbons (Fsp3) is 0.450. The molecule has 0 spiro atoms. The number of primary amides is 1. The molecule has 0 saturated heterocycles. The summed E-state index contributed by atoms with van der Waals surface area (Å²) in [6, 6.07) is 18.4. The minimum atomic E-state index is -1.63. The molecular weight excluding hydrogens is 1870 g/mol. The van der Waals surface area contributed by atoms with Crippen LogP contribution in [0.1, 0.15) is 73.6 Å². The van der Waals surface area contributed by atoms with Crippen molar-refractivity contribution in [1.82, 2.24) is 59.2 Å². The predicted molar refractivity (Wildman–Crippen MR) is 463 cm³/mol. The summed E-state index contributed by atoms with van der Waals surface area (Å²) in [7, 11) is 0. The molecule has 0 aliphatic carbocycles. The molecule has 41 nitrogen and oxygen atoms in total. The van der Waals surface area contributed by atoms with Gasteiger partial charge in [0.1, 0.15) is 0 Å². The van der Waals surface area contributed by atoms with Crippen LogP contribution in [0.5, 0.6) is 0 Å². The molecule has 0 fully saturated rings. The van der Waals surface area contributed by atoms with E-state index in [0.717, 1.165) is 9.80 Å². The summed E-state index contributed by atoms with van der Waals surface area (Å²) in [5, 5.41) is 82.8. The number of nitrogens with one attached hydrogen (secondary N) is 1. The molecule has 0 unspecified atom stereocenters. The van der Waals surface area contributed by atoms with Crippen molar-refractivity contribution in [1.29, 1.82) is 0 Å². The van der Waals surface area contributed by atoms with Crippen LogP contribution in [0.15, 0.2) is 72.8 Å². The zero-order valence-electron chi connectivity index (χ0n) is 69.1. The van der Waals surface area contributed by atoms with Gasteiger partial charge < -0.3 is 106 Å². The van der Waals surface area contributed by atoms with Gasteiger partial charge in [0.25, 0.3) is 0 Å². The molecule has 4 rings (SSSR count). The number of benzene rings is 4. The van der Waals surface area contributed by atoms with E-state index >= 15 is 14.4 Å². The van der Waals surface area contributed by atoms with Crippen LogP contribution in [-0.2, 0) is 122 Å². The summed E-state index contributed by atoms with van der Waals surface area (Å²) in [4.78, 5) is 275. The highest BCUT2D eigenvalue weighted by Gasteiger charge is 2.35. The first kappa shape index (κ1) is 110. The lowest BCUT2D eigenvalue weighted by molar-refractivity contribution is -0.151. The summed E-state index contributed by atoms with van der Waals surface area (Å²) in [6.07, 6.45) is -7.23. The topological polar surface area (TPSA) is 577 Å². The van der Waals surface area contributed by atoms with Crippen molar-refractivity contribution in [3.05, 3.63) is 135 Å². The predicted octanol–water partition coefficient (Wildman–Crippen LogP) is 3.17. The first-order valence-corrected chi connectivity index (χ1v) is 42.3. The van der Waals surface area contributed by atoms with Crippen molar-refractivity contribution in [3.8, 4) is 0 Å². The number of hydrogen-bond donors (Lipinski definition) is 10. The number of amides is 12. The Morgan fingerprint density at radius 2 is 0.395 bits per heavy atom. The fourth-order valence-corrected chi connectivity index (χ4v) is 14.1. The third-order valence-electron chi connectivity index (χ3n) is 19.1. The quantitative estimate of drug-likeness (QED) is 0.0284. The van der Waals surface area contributed by atoms with Gasteiger partial charge in [-0.3, -0.25) is 95.9 Å². The molecule has 49 heteroatoms. The molecule has 4 aromatic carbocycles. The SMILES string of the molecule is NC(=O)CN(CCC(=O)O)C(=O)CN(CCC(=O)O)C(=O)CN(CCC(=O)O)C(=O)CN(CCC(=O)O)C(=O)CN(CCC(=O)O)C(=O)CN(CCC(=O)O)C(=O)CN(CCC(=O)O)C(=O)CN(CCC(=O)O)C(=O)CN(CCc1ccc(Cl)cc1Cl)C(=O)CN(CCc1ccc(Cl)cc1Cl)C(=O)CN(CCc1ccc(Cl)cc1Cl)C(=O)CNCCc1ccc(Cl)cc1Cl. The molecule has 12 amide bonds. The molecule has 0 saturated carbocycles. The number of nitrogens with zero attached hydrogens (tertiary/aromatic N) is 11. The Labute approximate surface area is 777 Å². The highest BCUT2D eigenvalue weighted by molar-refractivity contribution is 6.37. The van der Waals surface area contributed by atoms with Gasteiger partial charge in [0, 0.05) is 112 Å². The number of carbonyl (C=O) groups is 20. The van der Waals surface area contributed by atoms with E-state index < -0.39 is 301 Å². The molecule has 0 aromatic heterocycles. The Bertz CT molecular complexity index is 4770. The fourth-order valence-electron chi connectivity index (χ4n) is 12.1. The smallest absolute Gasteiger partial charge is 0.305 e. The van der Waals surface area contributed by atoms with Gasteiger partial charge in [-0.1, -0.05) is 117 Å². The number of hydrogen-bond acceptors (Lipinski definition) is 21. The van der Waals surface area contributed by atoms with Gasteiger partial charge in [-0.15, -0.1) is 0 Å². The molecule has 704 valence electrons. The van der Waals surface area contributed by atoms with Crippen molar-refractivity contribution < 1.29 is 137 Å². The first-order valence-electron chi connectivity index (χ1n) is 39.2. The normalized spacial score (nSPS) is 10.8. The van der Waals surface area contributed by atoms with Gasteiger partial charge in [0.15, 0.2) is 0 Å². The number of halogens is 8. The van der Waals surface area contributed by atoms with Gasteiger partial charge in [-0.2, -0.15) is 0 Å². The third-order valence-corrected chi connectivity index (χ3v) is 21.5. The summed E-state index contributed by atoms with van der Waals surface area (Å²) < 4.78 is 0. The van der Waals surface area contributed by atoms with E-state index in [2.05, 4.69) is 5.32 Å². The molecule has 129 heavy (non-hydrogen) atoms. The largest absolute Gasteiger partial charge is 0.481 e. The molecule has 0 heterocycles. The Hall–Kier alpha value is -11.4. The lowest BCUT2D eigenvalue weighted by Crippen LogP contribution is -2.53. The average Bonchev–Trinajstić information content (AvgIpc) is 0.846. The molecule has 0 aliphatic rings. The molecule has 0 radical (unpaired) electrons. The van der Waals surface area contributed by atoms with Gasteiger partial charge >= 0.3 is 47.8 Å². The second-order valence-electron chi connectivity index (χ2n) is 28.7. The third kappa shape index (κ3) is 42.1. The Morgan fingerprint density at radius 1 is 0.233 bits per heavy atom. The van der Waals surface area contributed by atoms with E-state index in [1.807, 2.05) is 0 Å². The van der Waals surface area contributed by atoms with E-state index in [4.69, 9.17) is 98.5 Å². The molecule has 11 N–H and O–H groups in total. The monoisotopic (exact) mass is 1970 g/mol.